The lowest BCUT2D eigenvalue weighted by molar-refractivity contribution is 0.878. The molecule has 142 valence electrons. The summed E-state index contributed by atoms with van der Waals surface area (Å²) in [5.74, 6) is 0. The van der Waals surface area contributed by atoms with Crippen molar-refractivity contribution in [3.8, 4) is 16.9 Å². The lowest BCUT2D eigenvalue weighted by Crippen LogP contribution is -2.03. The van der Waals surface area contributed by atoms with Crippen molar-refractivity contribution >= 4 is 22.6 Å². The Bertz CT molecular complexity index is 1430. The minimum absolute atomic E-state index is 0.758. The molecule has 0 N–H and O–H groups in total. The van der Waals surface area contributed by atoms with Gasteiger partial charge in [-0.1, -0.05) is 60.7 Å². The molecule has 30 heavy (non-hydrogen) atoms. The third-order valence-electron chi connectivity index (χ3n) is 5.33. The molecule has 0 spiro atoms. The summed E-state index contributed by atoms with van der Waals surface area (Å²) >= 11 is 0. The highest BCUT2D eigenvalue weighted by molar-refractivity contribution is 6.24. The number of aromatic nitrogens is 4. The van der Waals surface area contributed by atoms with E-state index in [1.807, 2.05) is 84.4 Å². The van der Waals surface area contributed by atoms with Gasteiger partial charge in [-0.15, -0.1) is 0 Å². The van der Waals surface area contributed by atoms with Crippen molar-refractivity contribution in [2.45, 2.75) is 6.92 Å². The Morgan fingerprint density at radius 2 is 1.37 bits per heavy atom. The van der Waals surface area contributed by atoms with Crippen molar-refractivity contribution in [2.24, 2.45) is 4.99 Å². The van der Waals surface area contributed by atoms with Crippen molar-refractivity contribution in [3.63, 3.8) is 0 Å². The molecule has 1 aliphatic carbocycles. The van der Waals surface area contributed by atoms with Gasteiger partial charge in [-0.3, -0.25) is 0 Å². The standard InChI is InChI=1S/C25H17N5/c1-16-21-25(30(29-16)18-12-6-3-7-13-18)28-23-20-15-9-8-14-19(20)22(24(23)27-21)26-17-10-4-2-5-11-17/h2-15H,1H3. The fraction of sp³-hybridized carbons (Fsp3) is 0.0400. The molecule has 0 radical (unpaired) electrons. The quantitative estimate of drug-likeness (QED) is 0.406. The predicted molar refractivity (Wildman–Crippen MR) is 119 cm³/mol. The van der Waals surface area contributed by atoms with E-state index in [1.54, 1.807) is 0 Å². The first kappa shape index (κ1) is 16.8. The van der Waals surface area contributed by atoms with E-state index >= 15 is 0 Å². The predicted octanol–water partition coefficient (Wildman–Crippen LogP) is 5.27. The van der Waals surface area contributed by atoms with Gasteiger partial charge in [0.1, 0.15) is 16.9 Å². The first-order valence-corrected chi connectivity index (χ1v) is 9.86. The van der Waals surface area contributed by atoms with Gasteiger partial charge in [0.05, 0.1) is 22.8 Å². The van der Waals surface area contributed by atoms with Gasteiger partial charge in [0, 0.05) is 11.1 Å². The Morgan fingerprint density at radius 3 is 2.13 bits per heavy atom. The number of aryl methyl sites for hydroxylation is 1. The summed E-state index contributed by atoms with van der Waals surface area (Å²) < 4.78 is 1.87. The molecule has 0 amide bonds. The molecule has 6 rings (SSSR count). The third kappa shape index (κ3) is 2.49. The van der Waals surface area contributed by atoms with Gasteiger partial charge in [-0.05, 0) is 31.2 Å². The molecule has 1 aliphatic rings. The number of fused-ring (bicyclic) bond motifs is 4. The van der Waals surface area contributed by atoms with Crippen molar-refractivity contribution < 1.29 is 0 Å². The van der Waals surface area contributed by atoms with Gasteiger partial charge in [0.2, 0.25) is 0 Å². The third-order valence-corrected chi connectivity index (χ3v) is 5.33. The topological polar surface area (TPSA) is 56.0 Å². The molecular formula is C25H17N5. The number of para-hydroxylation sites is 2. The SMILES string of the molecule is Cc1nn(-c2ccccc2)c2nc3c(nc12)C(=Nc1ccccc1)c1ccccc1-3. The molecule has 5 nitrogen and oxygen atoms in total. The van der Waals surface area contributed by atoms with E-state index in [2.05, 4.69) is 12.1 Å². The number of hydrogen-bond donors (Lipinski definition) is 0. The Kier molecular flexibility index (Phi) is 3.62. The summed E-state index contributed by atoms with van der Waals surface area (Å²) in [5, 5.41) is 4.72. The average molecular weight is 387 g/mol. The number of aliphatic imine (C=N–C) groups is 1. The molecule has 0 fully saturated rings. The first-order chi connectivity index (χ1) is 14.8. The molecule has 0 bridgehead atoms. The van der Waals surface area contributed by atoms with Gasteiger partial charge in [-0.25, -0.2) is 19.6 Å². The molecule has 0 atom stereocenters. The number of benzene rings is 3. The zero-order valence-electron chi connectivity index (χ0n) is 16.3. The number of rotatable bonds is 2. The van der Waals surface area contributed by atoms with Crippen LogP contribution in [-0.2, 0) is 0 Å². The van der Waals surface area contributed by atoms with E-state index in [1.165, 1.54) is 0 Å². The molecule has 2 aromatic heterocycles. The molecule has 0 aliphatic heterocycles. The summed E-state index contributed by atoms with van der Waals surface area (Å²) in [6, 6.07) is 28.2. The number of nitrogens with zero attached hydrogens (tertiary/aromatic N) is 5. The fourth-order valence-corrected chi connectivity index (χ4v) is 3.93. The Morgan fingerprint density at radius 1 is 0.700 bits per heavy atom. The second-order valence-corrected chi connectivity index (χ2v) is 7.27. The van der Waals surface area contributed by atoms with Crippen LogP contribution in [0.5, 0.6) is 0 Å². The van der Waals surface area contributed by atoms with Crippen molar-refractivity contribution in [3.05, 3.63) is 102 Å². The summed E-state index contributed by atoms with van der Waals surface area (Å²) in [4.78, 5) is 15.0. The van der Waals surface area contributed by atoms with Crippen molar-refractivity contribution in [2.75, 3.05) is 0 Å². The molecule has 3 aromatic carbocycles. The lowest BCUT2D eigenvalue weighted by atomic mass is 10.1. The first-order valence-electron chi connectivity index (χ1n) is 9.86. The summed E-state index contributed by atoms with van der Waals surface area (Å²) in [5.41, 5.74) is 8.89. The van der Waals surface area contributed by atoms with E-state index in [9.17, 15) is 0 Å². The molecule has 2 heterocycles. The van der Waals surface area contributed by atoms with Crippen molar-refractivity contribution in [1.29, 1.82) is 0 Å². The van der Waals surface area contributed by atoms with Crippen LogP contribution in [0.2, 0.25) is 0 Å². The second-order valence-electron chi connectivity index (χ2n) is 7.27. The Labute approximate surface area is 173 Å². The maximum Gasteiger partial charge on any atom is 0.182 e. The van der Waals surface area contributed by atoms with Crippen LogP contribution in [-0.4, -0.2) is 25.5 Å². The van der Waals surface area contributed by atoms with Crippen LogP contribution in [0.15, 0.2) is 89.9 Å². The van der Waals surface area contributed by atoms with Gasteiger partial charge < -0.3 is 0 Å². The lowest BCUT2D eigenvalue weighted by Gasteiger charge is -2.04. The normalized spacial score (nSPS) is 13.6. The molecule has 0 saturated heterocycles. The molecular weight excluding hydrogens is 370 g/mol. The smallest absolute Gasteiger partial charge is 0.182 e. The van der Waals surface area contributed by atoms with Crippen LogP contribution in [0.25, 0.3) is 28.1 Å². The maximum atomic E-state index is 5.04. The minimum atomic E-state index is 0.758. The summed E-state index contributed by atoms with van der Waals surface area (Å²) in [7, 11) is 0. The average Bonchev–Trinajstić information content (AvgIpc) is 3.29. The highest BCUT2D eigenvalue weighted by atomic mass is 15.3. The largest absolute Gasteiger partial charge is 0.246 e. The van der Waals surface area contributed by atoms with Crippen molar-refractivity contribution in [1.82, 2.24) is 19.7 Å². The van der Waals surface area contributed by atoms with Crippen LogP contribution in [0.4, 0.5) is 5.69 Å². The molecule has 5 aromatic rings. The zero-order valence-corrected chi connectivity index (χ0v) is 16.3. The van der Waals surface area contributed by atoms with E-state index < -0.39 is 0 Å². The number of hydrogen-bond acceptors (Lipinski definition) is 4. The van der Waals surface area contributed by atoms with Crippen LogP contribution >= 0.6 is 0 Å². The van der Waals surface area contributed by atoms with Crippen LogP contribution in [0, 0.1) is 6.92 Å². The minimum Gasteiger partial charge on any atom is -0.246 e. The van der Waals surface area contributed by atoms with Crippen LogP contribution in [0.1, 0.15) is 17.0 Å². The van der Waals surface area contributed by atoms with E-state index in [0.29, 0.717) is 0 Å². The fourth-order valence-electron chi connectivity index (χ4n) is 3.93. The van der Waals surface area contributed by atoms with E-state index in [0.717, 1.165) is 56.5 Å². The zero-order chi connectivity index (χ0) is 20.1. The van der Waals surface area contributed by atoms with Gasteiger partial charge in [-0.2, -0.15) is 5.10 Å². The van der Waals surface area contributed by atoms with E-state index in [4.69, 9.17) is 20.1 Å². The summed E-state index contributed by atoms with van der Waals surface area (Å²) in [6.07, 6.45) is 0. The monoisotopic (exact) mass is 387 g/mol. The van der Waals surface area contributed by atoms with Crippen LogP contribution in [0.3, 0.4) is 0 Å². The highest BCUT2D eigenvalue weighted by Gasteiger charge is 2.29. The maximum absolute atomic E-state index is 5.04. The second kappa shape index (κ2) is 6.46. The Hall–Kier alpha value is -4.12. The molecule has 0 saturated carbocycles. The molecule has 5 heteroatoms. The highest BCUT2D eigenvalue weighted by Crippen LogP contribution is 2.37. The van der Waals surface area contributed by atoms with Gasteiger partial charge in [0.25, 0.3) is 0 Å². The van der Waals surface area contributed by atoms with E-state index in [-0.39, 0.29) is 0 Å². The van der Waals surface area contributed by atoms with Gasteiger partial charge >= 0.3 is 0 Å². The summed E-state index contributed by atoms with van der Waals surface area (Å²) in [6.45, 7) is 1.97. The Balaban J connectivity index is 1.64. The van der Waals surface area contributed by atoms with Crippen LogP contribution < -0.4 is 0 Å². The van der Waals surface area contributed by atoms with Gasteiger partial charge in [0.15, 0.2) is 5.65 Å². The molecule has 0 unspecified atom stereocenters.